The molecule has 0 fully saturated rings. The molecule has 5 heteroatoms. The maximum absolute atomic E-state index is 5.81. The van der Waals surface area contributed by atoms with Crippen LogP contribution in [-0.4, -0.2) is 23.6 Å². The zero-order valence-corrected chi connectivity index (χ0v) is 12.2. The lowest BCUT2D eigenvalue weighted by Gasteiger charge is -2.11. The van der Waals surface area contributed by atoms with Crippen LogP contribution in [-0.2, 0) is 0 Å². The third kappa shape index (κ3) is 3.38. The first-order chi connectivity index (χ1) is 9.62. The molecule has 1 heterocycles. The van der Waals surface area contributed by atoms with E-state index in [1.54, 1.807) is 13.2 Å². The molecule has 0 unspecified atom stereocenters. The van der Waals surface area contributed by atoms with E-state index >= 15 is 0 Å². The van der Waals surface area contributed by atoms with Gasteiger partial charge in [0.15, 0.2) is 11.5 Å². The first-order valence-corrected chi connectivity index (χ1v) is 6.54. The standard InChI is InChI=1S/C15H19N3O2/c1-5-16-15-17-11(3)9-14(18-15)20-12-7-6-10(2)8-13(12)19-4/h6-9H,5H2,1-4H3,(H,16,17,18). The molecule has 0 saturated carbocycles. The molecule has 5 nitrogen and oxygen atoms in total. The van der Waals surface area contributed by atoms with Gasteiger partial charge in [-0.1, -0.05) is 6.07 Å². The molecule has 0 amide bonds. The largest absolute Gasteiger partial charge is 0.493 e. The van der Waals surface area contributed by atoms with Crippen molar-refractivity contribution in [3.05, 3.63) is 35.5 Å². The van der Waals surface area contributed by atoms with E-state index in [2.05, 4.69) is 15.3 Å². The molecule has 0 aliphatic rings. The Morgan fingerprint density at radius 1 is 1.10 bits per heavy atom. The average Bonchev–Trinajstić information content (AvgIpc) is 2.40. The van der Waals surface area contributed by atoms with Crippen molar-refractivity contribution in [2.75, 3.05) is 19.0 Å². The molecule has 2 aromatic rings. The molecule has 0 saturated heterocycles. The van der Waals surface area contributed by atoms with Gasteiger partial charge in [-0.3, -0.25) is 0 Å². The number of nitrogens with one attached hydrogen (secondary N) is 1. The topological polar surface area (TPSA) is 56.3 Å². The zero-order chi connectivity index (χ0) is 14.5. The number of aryl methyl sites for hydroxylation is 2. The maximum Gasteiger partial charge on any atom is 0.226 e. The van der Waals surface area contributed by atoms with Gasteiger partial charge in [-0.05, 0) is 38.5 Å². The predicted octanol–water partition coefficient (Wildman–Crippen LogP) is 3.33. The predicted molar refractivity (Wildman–Crippen MR) is 78.7 cm³/mol. The molecule has 0 atom stereocenters. The summed E-state index contributed by atoms with van der Waals surface area (Å²) < 4.78 is 11.1. The molecule has 0 spiro atoms. The smallest absolute Gasteiger partial charge is 0.226 e. The van der Waals surface area contributed by atoms with Gasteiger partial charge >= 0.3 is 0 Å². The van der Waals surface area contributed by atoms with E-state index in [-0.39, 0.29) is 0 Å². The zero-order valence-electron chi connectivity index (χ0n) is 12.2. The summed E-state index contributed by atoms with van der Waals surface area (Å²) in [6.45, 7) is 6.66. The Morgan fingerprint density at radius 3 is 2.60 bits per heavy atom. The highest BCUT2D eigenvalue weighted by molar-refractivity contribution is 5.45. The number of hydrogen-bond acceptors (Lipinski definition) is 5. The van der Waals surface area contributed by atoms with E-state index < -0.39 is 0 Å². The van der Waals surface area contributed by atoms with Crippen LogP contribution in [0.4, 0.5) is 5.95 Å². The third-order valence-electron chi connectivity index (χ3n) is 2.70. The van der Waals surface area contributed by atoms with E-state index in [9.17, 15) is 0 Å². The maximum atomic E-state index is 5.81. The highest BCUT2D eigenvalue weighted by atomic mass is 16.5. The second kappa shape index (κ2) is 6.23. The molecule has 1 aromatic heterocycles. The molecule has 0 aliphatic heterocycles. The van der Waals surface area contributed by atoms with Crippen LogP contribution in [0.3, 0.4) is 0 Å². The summed E-state index contributed by atoms with van der Waals surface area (Å²) in [5.41, 5.74) is 1.96. The fourth-order valence-corrected chi connectivity index (χ4v) is 1.80. The first kappa shape index (κ1) is 14.1. The monoisotopic (exact) mass is 273 g/mol. The summed E-state index contributed by atoms with van der Waals surface area (Å²) in [5, 5.41) is 3.08. The Kier molecular flexibility index (Phi) is 4.40. The molecular weight excluding hydrogens is 254 g/mol. The SMILES string of the molecule is CCNc1nc(C)cc(Oc2ccc(C)cc2OC)n1. The minimum absolute atomic E-state index is 0.496. The molecule has 20 heavy (non-hydrogen) atoms. The van der Waals surface area contributed by atoms with Crippen LogP contribution in [0.25, 0.3) is 0 Å². The van der Waals surface area contributed by atoms with Gasteiger partial charge < -0.3 is 14.8 Å². The Morgan fingerprint density at radius 2 is 1.90 bits per heavy atom. The van der Waals surface area contributed by atoms with E-state index in [0.29, 0.717) is 23.3 Å². The Bertz CT molecular complexity index is 600. The highest BCUT2D eigenvalue weighted by Crippen LogP contribution is 2.31. The number of benzene rings is 1. The molecule has 1 aromatic carbocycles. The summed E-state index contributed by atoms with van der Waals surface area (Å²) in [5.74, 6) is 2.38. The summed E-state index contributed by atoms with van der Waals surface area (Å²) in [6, 6.07) is 7.56. The average molecular weight is 273 g/mol. The van der Waals surface area contributed by atoms with Crippen molar-refractivity contribution in [2.24, 2.45) is 0 Å². The van der Waals surface area contributed by atoms with Crippen LogP contribution >= 0.6 is 0 Å². The molecule has 0 aliphatic carbocycles. The van der Waals surface area contributed by atoms with Gasteiger partial charge in [0.25, 0.3) is 0 Å². The lowest BCUT2D eigenvalue weighted by atomic mass is 10.2. The van der Waals surface area contributed by atoms with Crippen molar-refractivity contribution in [1.29, 1.82) is 0 Å². The number of aromatic nitrogens is 2. The van der Waals surface area contributed by atoms with E-state index in [1.807, 2.05) is 39.0 Å². The Hall–Kier alpha value is -2.30. The molecular formula is C15H19N3O2. The quantitative estimate of drug-likeness (QED) is 0.905. The lowest BCUT2D eigenvalue weighted by Crippen LogP contribution is -2.04. The van der Waals surface area contributed by atoms with Crippen LogP contribution in [0.2, 0.25) is 0 Å². The van der Waals surface area contributed by atoms with Gasteiger partial charge in [0.2, 0.25) is 11.8 Å². The number of methoxy groups -OCH3 is 1. The van der Waals surface area contributed by atoms with Gasteiger partial charge in [0.1, 0.15) is 0 Å². The first-order valence-electron chi connectivity index (χ1n) is 6.54. The molecule has 106 valence electrons. The van der Waals surface area contributed by atoms with Crippen molar-refractivity contribution in [1.82, 2.24) is 9.97 Å². The summed E-state index contributed by atoms with van der Waals surface area (Å²) in [7, 11) is 1.62. The van der Waals surface area contributed by atoms with Gasteiger partial charge in [-0.2, -0.15) is 4.98 Å². The summed E-state index contributed by atoms with van der Waals surface area (Å²) in [4.78, 5) is 8.60. The van der Waals surface area contributed by atoms with Gasteiger partial charge in [0.05, 0.1) is 7.11 Å². The number of ether oxygens (including phenoxy) is 2. The van der Waals surface area contributed by atoms with Crippen molar-refractivity contribution in [3.63, 3.8) is 0 Å². The summed E-state index contributed by atoms with van der Waals surface area (Å²) in [6.07, 6.45) is 0. The minimum atomic E-state index is 0.496. The minimum Gasteiger partial charge on any atom is -0.493 e. The number of nitrogens with zero attached hydrogens (tertiary/aromatic N) is 2. The van der Waals surface area contributed by atoms with Gasteiger partial charge in [-0.15, -0.1) is 0 Å². The van der Waals surface area contributed by atoms with Crippen LogP contribution in [0.5, 0.6) is 17.4 Å². The number of hydrogen-bond donors (Lipinski definition) is 1. The molecule has 0 bridgehead atoms. The van der Waals surface area contributed by atoms with Gasteiger partial charge in [-0.25, -0.2) is 4.98 Å². The van der Waals surface area contributed by atoms with Crippen molar-refractivity contribution in [3.8, 4) is 17.4 Å². The third-order valence-corrected chi connectivity index (χ3v) is 2.70. The number of rotatable bonds is 5. The number of anilines is 1. The van der Waals surface area contributed by atoms with Crippen LogP contribution in [0, 0.1) is 13.8 Å². The van der Waals surface area contributed by atoms with Crippen molar-refractivity contribution in [2.45, 2.75) is 20.8 Å². The second-order valence-electron chi connectivity index (χ2n) is 4.46. The van der Waals surface area contributed by atoms with Crippen LogP contribution in [0.15, 0.2) is 24.3 Å². The summed E-state index contributed by atoms with van der Waals surface area (Å²) >= 11 is 0. The van der Waals surface area contributed by atoms with E-state index in [4.69, 9.17) is 9.47 Å². The van der Waals surface area contributed by atoms with E-state index in [1.165, 1.54) is 0 Å². The van der Waals surface area contributed by atoms with Gasteiger partial charge in [0, 0.05) is 18.3 Å². The Labute approximate surface area is 119 Å². The highest BCUT2D eigenvalue weighted by Gasteiger charge is 2.08. The van der Waals surface area contributed by atoms with Crippen molar-refractivity contribution >= 4 is 5.95 Å². The second-order valence-corrected chi connectivity index (χ2v) is 4.46. The molecule has 2 rings (SSSR count). The Balaban J connectivity index is 2.29. The normalized spacial score (nSPS) is 10.2. The fraction of sp³-hybridized carbons (Fsp3) is 0.333. The van der Waals surface area contributed by atoms with Crippen molar-refractivity contribution < 1.29 is 9.47 Å². The fourth-order valence-electron chi connectivity index (χ4n) is 1.80. The molecule has 0 radical (unpaired) electrons. The van der Waals surface area contributed by atoms with E-state index in [0.717, 1.165) is 17.8 Å². The molecule has 1 N–H and O–H groups in total. The van der Waals surface area contributed by atoms with Crippen LogP contribution in [0.1, 0.15) is 18.2 Å². The van der Waals surface area contributed by atoms with Crippen LogP contribution < -0.4 is 14.8 Å². The lowest BCUT2D eigenvalue weighted by molar-refractivity contribution is 0.373.